The summed E-state index contributed by atoms with van der Waals surface area (Å²) in [6.45, 7) is 14.7. The summed E-state index contributed by atoms with van der Waals surface area (Å²) in [5.74, 6) is 1.32. The fourth-order valence-corrected chi connectivity index (χ4v) is 11.1. The Hall–Kier alpha value is -0.710. The Labute approximate surface area is 205 Å². The van der Waals surface area contributed by atoms with E-state index in [1.54, 1.807) is 0 Å². The SMILES string of the molecule is CC1(C)CC2C3(CCC4(C)C5(C)CCC6C(C)(CO)C(=O)CCC6(C)C5C=CC24OC3)CC1O. The van der Waals surface area contributed by atoms with Gasteiger partial charge in [0.15, 0.2) is 0 Å². The van der Waals surface area contributed by atoms with Gasteiger partial charge in [0.25, 0.3) is 0 Å². The minimum absolute atomic E-state index is 0.00861. The molecule has 0 aromatic carbocycles. The lowest BCUT2D eigenvalue weighted by molar-refractivity contribution is -0.238. The largest absolute Gasteiger partial charge is 0.395 e. The lowest BCUT2D eigenvalue weighted by Crippen LogP contribution is -2.71. The molecular formula is C30H46O4. The number of ketones is 1. The van der Waals surface area contributed by atoms with Crippen LogP contribution in [0.5, 0.6) is 0 Å². The highest BCUT2D eigenvalue weighted by Crippen LogP contribution is 2.78. The van der Waals surface area contributed by atoms with Crippen LogP contribution in [0, 0.1) is 50.2 Å². The number of fused-ring (bicyclic) bond motifs is 4. The number of allylic oxidation sites excluding steroid dienone is 1. The van der Waals surface area contributed by atoms with Gasteiger partial charge in [0.2, 0.25) is 0 Å². The van der Waals surface area contributed by atoms with Gasteiger partial charge in [-0.15, -0.1) is 0 Å². The predicted octanol–water partition coefficient (Wildman–Crippen LogP) is 5.31. The van der Waals surface area contributed by atoms with E-state index < -0.39 is 5.41 Å². The predicted molar refractivity (Wildman–Crippen MR) is 132 cm³/mol. The Morgan fingerprint density at radius 1 is 1.00 bits per heavy atom. The summed E-state index contributed by atoms with van der Waals surface area (Å²) in [5, 5.41) is 21.4. The zero-order valence-corrected chi connectivity index (χ0v) is 22.2. The zero-order chi connectivity index (χ0) is 24.6. The second-order valence-electron chi connectivity index (χ2n) is 15.1. The minimum atomic E-state index is -0.618. The first-order chi connectivity index (χ1) is 15.7. The van der Waals surface area contributed by atoms with Gasteiger partial charge in [-0.3, -0.25) is 4.79 Å². The van der Waals surface area contributed by atoms with Crippen molar-refractivity contribution >= 4 is 5.78 Å². The van der Waals surface area contributed by atoms with E-state index in [9.17, 15) is 15.0 Å². The molecule has 6 aliphatic rings. The van der Waals surface area contributed by atoms with E-state index in [1.165, 1.54) is 0 Å². The maximum Gasteiger partial charge on any atom is 0.141 e. The van der Waals surface area contributed by atoms with Gasteiger partial charge >= 0.3 is 0 Å². The van der Waals surface area contributed by atoms with Crippen molar-refractivity contribution in [3.63, 3.8) is 0 Å². The molecule has 1 saturated heterocycles. The molecule has 1 aliphatic heterocycles. The molecule has 0 aromatic heterocycles. The number of Topliss-reactive ketones (excluding diaryl/α,β-unsaturated/α-hetero) is 1. The van der Waals surface area contributed by atoms with Gasteiger partial charge in [0.05, 0.1) is 30.3 Å². The molecule has 0 amide bonds. The van der Waals surface area contributed by atoms with Crippen molar-refractivity contribution in [2.24, 2.45) is 50.2 Å². The fraction of sp³-hybridized carbons (Fsp3) is 0.900. The van der Waals surface area contributed by atoms with Crippen molar-refractivity contribution in [3.05, 3.63) is 12.2 Å². The highest BCUT2D eigenvalue weighted by atomic mass is 16.5. The van der Waals surface area contributed by atoms with Crippen LogP contribution in [0.1, 0.15) is 92.9 Å². The Morgan fingerprint density at radius 2 is 1.74 bits per heavy atom. The van der Waals surface area contributed by atoms with Crippen molar-refractivity contribution in [2.75, 3.05) is 13.2 Å². The number of ether oxygens (including phenoxy) is 1. The van der Waals surface area contributed by atoms with Crippen molar-refractivity contribution in [3.8, 4) is 0 Å². The lowest BCUT2D eigenvalue weighted by Gasteiger charge is -2.72. The Bertz CT molecular complexity index is 955. The summed E-state index contributed by atoms with van der Waals surface area (Å²) in [4.78, 5) is 13.0. The van der Waals surface area contributed by atoms with E-state index in [0.717, 1.165) is 51.6 Å². The molecule has 5 aliphatic carbocycles. The summed E-state index contributed by atoms with van der Waals surface area (Å²) in [6, 6.07) is 0. The zero-order valence-electron chi connectivity index (χ0n) is 22.2. The van der Waals surface area contributed by atoms with Gasteiger partial charge in [-0.05, 0) is 73.0 Å². The average molecular weight is 471 g/mol. The van der Waals surface area contributed by atoms with Gasteiger partial charge in [0, 0.05) is 23.2 Å². The van der Waals surface area contributed by atoms with Crippen molar-refractivity contribution in [1.82, 2.24) is 0 Å². The van der Waals surface area contributed by atoms with Crippen LogP contribution in [0.4, 0.5) is 0 Å². The first-order valence-electron chi connectivity index (χ1n) is 13.9. The number of aliphatic hydroxyl groups excluding tert-OH is 2. The van der Waals surface area contributed by atoms with Crippen LogP contribution in [0.2, 0.25) is 0 Å². The molecule has 10 unspecified atom stereocenters. The molecule has 1 spiro atoms. The molecule has 4 heteroatoms. The highest BCUT2D eigenvalue weighted by Gasteiger charge is 2.77. The normalized spacial score (nSPS) is 59.6. The van der Waals surface area contributed by atoms with Gasteiger partial charge in [0.1, 0.15) is 5.78 Å². The third-order valence-electron chi connectivity index (χ3n) is 13.6. The van der Waals surface area contributed by atoms with E-state index in [2.05, 4.69) is 46.8 Å². The minimum Gasteiger partial charge on any atom is -0.395 e. The number of hydrogen-bond acceptors (Lipinski definition) is 4. The third-order valence-corrected chi connectivity index (χ3v) is 13.6. The highest BCUT2D eigenvalue weighted by molar-refractivity contribution is 5.86. The number of carbonyl (C=O) groups is 1. The third kappa shape index (κ3) is 2.36. The molecule has 6 rings (SSSR count). The maximum atomic E-state index is 13.0. The quantitative estimate of drug-likeness (QED) is 0.510. The molecular weight excluding hydrogens is 424 g/mol. The molecule has 5 fully saturated rings. The molecule has 4 nitrogen and oxygen atoms in total. The second-order valence-corrected chi connectivity index (χ2v) is 15.1. The molecule has 1 heterocycles. The lowest BCUT2D eigenvalue weighted by atomic mass is 9.32. The van der Waals surface area contributed by atoms with Crippen LogP contribution in [-0.4, -0.2) is 40.9 Å². The second kappa shape index (κ2) is 6.58. The summed E-state index contributed by atoms with van der Waals surface area (Å²) in [6.07, 6.45) is 12.5. The Kier molecular flexibility index (Phi) is 4.58. The van der Waals surface area contributed by atoms with Crippen molar-refractivity contribution in [1.29, 1.82) is 0 Å². The van der Waals surface area contributed by atoms with Crippen LogP contribution in [0.15, 0.2) is 12.2 Å². The first-order valence-corrected chi connectivity index (χ1v) is 13.9. The summed E-state index contributed by atoms with van der Waals surface area (Å²) < 4.78 is 7.02. The van der Waals surface area contributed by atoms with Gasteiger partial charge < -0.3 is 14.9 Å². The number of rotatable bonds is 1. The fourth-order valence-electron chi connectivity index (χ4n) is 11.1. The molecule has 10 atom stereocenters. The first kappa shape index (κ1) is 23.7. The van der Waals surface area contributed by atoms with E-state index in [-0.39, 0.29) is 57.1 Å². The Balaban J connectivity index is 1.48. The molecule has 34 heavy (non-hydrogen) atoms. The number of aliphatic hydroxyl groups is 2. The van der Waals surface area contributed by atoms with Crippen LogP contribution in [-0.2, 0) is 9.53 Å². The molecule has 0 aromatic rings. The Morgan fingerprint density at radius 3 is 2.44 bits per heavy atom. The molecule has 0 radical (unpaired) electrons. The van der Waals surface area contributed by atoms with Crippen LogP contribution < -0.4 is 0 Å². The van der Waals surface area contributed by atoms with Crippen LogP contribution in [0.25, 0.3) is 0 Å². The molecule has 190 valence electrons. The van der Waals surface area contributed by atoms with E-state index in [4.69, 9.17) is 4.74 Å². The van der Waals surface area contributed by atoms with Gasteiger partial charge in [-0.25, -0.2) is 0 Å². The van der Waals surface area contributed by atoms with Gasteiger partial charge in [-0.1, -0.05) is 53.7 Å². The van der Waals surface area contributed by atoms with E-state index in [0.29, 0.717) is 18.3 Å². The van der Waals surface area contributed by atoms with Gasteiger partial charge in [-0.2, -0.15) is 0 Å². The van der Waals surface area contributed by atoms with Crippen molar-refractivity contribution in [2.45, 2.75) is 105 Å². The molecule has 2 bridgehead atoms. The molecule has 2 N–H and O–H groups in total. The average Bonchev–Trinajstić information content (AvgIpc) is 3.00. The topological polar surface area (TPSA) is 66.8 Å². The smallest absolute Gasteiger partial charge is 0.141 e. The van der Waals surface area contributed by atoms with Crippen molar-refractivity contribution < 1.29 is 19.7 Å². The summed E-state index contributed by atoms with van der Waals surface area (Å²) in [5.41, 5.74) is -0.747. The van der Waals surface area contributed by atoms with E-state index in [1.807, 2.05) is 6.92 Å². The maximum absolute atomic E-state index is 13.0. The van der Waals surface area contributed by atoms with Crippen LogP contribution in [0.3, 0.4) is 0 Å². The molecule has 4 saturated carbocycles. The summed E-state index contributed by atoms with van der Waals surface area (Å²) in [7, 11) is 0. The number of hydrogen-bond donors (Lipinski definition) is 2. The van der Waals surface area contributed by atoms with E-state index >= 15 is 0 Å². The standard InChI is InChI=1S/C30H46O4/c1-24(2)15-21-29(16-23(24)33)14-13-28(6)27(5)11-7-19-25(3,10-9-22(32)26(19,4)17-31)20(27)8-12-30(21,28)34-18-29/h8,12,19-21,23,31,33H,7,9-11,13-18H2,1-6H3. The monoisotopic (exact) mass is 470 g/mol. The summed E-state index contributed by atoms with van der Waals surface area (Å²) >= 11 is 0. The number of carbonyl (C=O) groups excluding carboxylic acids is 1. The van der Waals surface area contributed by atoms with Crippen LogP contribution >= 0.6 is 0 Å².